The second-order valence-electron chi connectivity index (χ2n) is 12.9. The fourth-order valence-corrected chi connectivity index (χ4v) is 5.45. The van der Waals surface area contributed by atoms with E-state index in [0.717, 1.165) is 54.1 Å². The number of hydrogen-bond donors (Lipinski definition) is 0. The molecule has 2 amide bonds. The molecule has 250 valence electrons. The van der Waals surface area contributed by atoms with Crippen LogP contribution < -0.4 is 0 Å². The Labute approximate surface area is 280 Å². The molecule has 0 aliphatic carbocycles. The van der Waals surface area contributed by atoms with E-state index in [0.29, 0.717) is 24.5 Å². The van der Waals surface area contributed by atoms with E-state index in [2.05, 4.69) is 27.0 Å². The first-order valence-electron chi connectivity index (χ1n) is 16.2. The van der Waals surface area contributed by atoms with Gasteiger partial charge in [-0.25, -0.2) is 9.78 Å². The number of rotatable bonds is 8. The summed E-state index contributed by atoms with van der Waals surface area (Å²) in [5.74, 6) is 7.63. The maximum atomic E-state index is 12.5. The maximum absolute atomic E-state index is 12.5. The van der Waals surface area contributed by atoms with Crippen molar-refractivity contribution in [2.75, 3.05) is 19.8 Å². The third-order valence-electron chi connectivity index (χ3n) is 7.87. The van der Waals surface area contributed by atoms with Crippen LogP contribution in [0.4, 0.5) is 4.79 Å². The molecule has 2 aliphatic heterocycles. The normalized spacial score (nSPS) is 17.2. The molecule has 2 aliphatic rings. The Morgan fingerprint density at radius 3 is 2.56 bits per heavy atom. The Hall–Kier alpha value is -4.99. The van der Waals surface area contributed by atoms with Crippen molar-refractivity contribution in [3.8, 4) is 23.2 Å². The van der Waals surface area contributed by atoms with Crippen molar-refractivity contribution >= 4 is 12.0 Å². The maximum Gasteiger partial charge on any atom is 0.412 e. The second-order valence-corrected chi connectivity index (χ2v) is 12.9. The molecule has 0 spiro atoms. The van der Waals surface area contributed by atoms with Crippen LogP contribution in [-0.2, 0) is 32.1 Å². The topological polar surface area (TPSA) is 125 Å². The third kappa shape index (κ3) is 8.48. The summed E-state index contributed by atoms with van der Waals surface area (Å²) >= 11 is 0. The lowest BCUT2D eigenvalue weighted by atomic mass is 10.1. The van der Waals surface area contributed by atoms with E-state index in [1.165, 1.54) is 4.90 Å². The van der Waals surface area contributed by atoms with Gasteiger partial charge in [-0.15, -0.1) is 0 Å². The van der Waals surface area contributed by atoms with E-state index >= 15 is 0 Å². The fraction of sp³-hybridized carbons (Fsp3) is 0.417. The van der Waals surface area contributed by atoms with Crippen molar-refractivity contribution < 1.29 is 28.3 Å². The minimum Gasteiger partial charge on any atom is -0.444 e. The van der Waals surface area contributed by atoms with Crippen LogP contribution in [0.1, 0.15) is 81.4 Å². The molecule has 2 saturated heterocycles. The number of nitrogens with zero attached hydrogens (tertiary/aromatic N) is 6. The van der Waals surface area contributed by atoms with Crippen molar-refractivity contribution in [2.45, 2.75) is 78.0 Å². The molecule has 3 aromatic heterocycles. The first kappa shape index (κ1) is 32.9. The van der Waals surface area contributed by atoms with Gasteiger partial charge in [-0.1, -0.05) is 17.0 Å². The van der Waals surface area contributed by atoms with Crippen molar-refractivity contribution in [3.63, 3.8) is 0 Å². The zero-order valence-corrected chi connectivity index (χ0v) is 27.7. The predicted molar refractivity (Wildman–Crippen MR) is 175 cm³/mol. The van der Waals surface area contributed by atoms with E-state index in [9.17, 15) is 9.59 Å². The number of carbonyl (C=O) groups excluding carboxylic acids is 2. The lowest BCUT2D eigenvalue weighted by Crippen LogP contribution is -2.36. The summed E-state index contributed by atoms with van der Waals surface area (Å²) in [5, 5.41) is 4.28. The number of amides is 2. The smallest absolute Gasteiger partial charge is 0.412 e. The van der Waals surface area contributed by atoms with E-state index in [1.54, 1.807) is 38.1 Å². The summed E-state index contributed by atoms with van der Waals surface area (Å²) in [6, 6.07) is 13.4. The Kier molecular flexibility index (Phi) is 9.89. The van der Waals surface area contributed by atoms with Gasteiger partial charge in [0, 0.05) is 48.0 Å². The van der Waals surface area contributed by atoms with Crippen molar-refractivity contribution in [3.05, 3.63) is 89.4 Å². The van der Waals surface area contributed by atoms with Gasteiger partial charge in [-0.05, 0) is 83.4 Å². The van der Waals surface area contributed by atoms with Gasteiger partial charge in [-0.2, -0.15) is 0 Å². The molecule has 5 heterocycles. The van der Waals surface area contributed by atoms with Crippen LogP contribution in [0.3, 0.4) is 0 Å². The van der Waals surface area contributed by atoms with Crippen LogP contribution in [0.15, 0.2) is 65.6 Å². The van der Waals surface area contributed by atoms with Crippen molar-refractivity contribution in [1.82, 2.24) is 29.5 Å². The largest absolute Gasteiger partial charge is 0.444 e. The van der Waals surface area contributed by atoms with Gasteiger partial charge in [0.2, 0.25) is 5.91 Å². The molecule has 0 bridgehead atoms. The van der Waals surface area contributed by atoms with Gasteiger partial charge < -0.3 is 28.2 Å². The van der Waals surface area contributed by atoms with Gasteiger partial charge in [0.05, 0.1) is 18.8 Å². The number of aromatic nitrogens is 4. The Morgan fingerprint density at radius 1 is 1.04 bits per heavy atom. The van der Waals surface area contributed by atoms with Crippen molar-refractivity contribution in [2.24, 2.45) is 0 Å². The molecule has 48 heavy (non-hydrogen) atoms. The zero-order valence-electron chi connectivity index (χ0n) is 27.7. The summed E-state index contributed by atoms with van der Waals surface area (Å²) in [7, 11) is 0. The number of carbonyl (C=O) groups is 2. The van der Waals surface area contributed by atoms with Crippen LogP contribution in [0.5, 0.6) is 0 Å². The van der Waals surface area contributed by atoms with E-state index < -0.39 is 11.7 Å². The third-order valence-corrected chi connectivity index (χ3v) is 7.87. The molecule has 0 N–H and O–H groups in total. The standard InChI is InChI=1S/C36H40N6O6/c1-25(46-33-7-5-6-18-45-33)34-37-16-17-40(34)22-30-19-31(48-39-30)28-13-10-26(11-14-28)8-9-27-12-15-29(38-20-27)21-41-24-42(23-32(41)43)35(44)47-36(2,3)4/h10-17,19-20,25,33H,5-7,18,21-24H2,1-4H3/t25-,33?/m0/s1. The molecule has 1 unspecified atom stereocenters. The summed E-state index contributed by atoms with van der Waals surface area (Å²) in [4.78, 5) is 36.8. The van der Waals surface area contributed by atoms with Gasteiger partial charge in [0.1, 0.15) is 36.4 Å². The van der Waals surface area contributed by atoms with E-state index in [4.69, 9.17) is 18.7 Å². The molecule has 12 nitrogen and oxygen atoms in total. The van der Waals surface area contributed by atoms with Gasteiger partial charge in [0.15, 0.2) is 12.1 Å². The lowest BCUT2D eigenvalue weighted by molar-refractivity contribution is -0.188. The SMILES string of the molecule is C[C@H](OC1CCCCO1)c1nccn1Cc1cc(-c2ccc(C#Cc3ccc(CN4CN(C(=O)OC(C)(C)C)CC4=O)nc3)cc2)on1. The highest BCUT2D eigenvalue weighted by atomic mass is 16.7. The molecule has 1 aromatic carbocycles. The van der Waals surface area contributed by atoms with Crippen LogP contribution in [-0.4, -0.2) is 73.2 Å². The van der Waals surface area contributed by atoms with Gasteiger partial charge >= 0.3 is 6.09 Å². The van der Waals surface area contributed by atoms with Crippen LogP contribution in [0, 0.1) is 11.8 Å². The number of pyridine rings is 1. The highest BCUT2D eigenvalue weighted by Crippen LogP contribution is 2.25. The van der Waals surface area contributed by atoms with Gasteiger partial charge in [0.25, 0.3) is 0 Å². The zero-order chi connectivity index (χ0) is 33.7. The minimum absolute atomic E-state index is 0.00674. The average Bonchev–Trinajstić information content (AvgIpc) is 3.82. The van der Waals surface area contributed by atoms with E-state index in [-0.39, 0.29) is 31.5 Å². The molecule has 4 aromatic rings. The summed E-state index contributed by atoms with van der Waals surface area (Å²) in [5.41, 5.74) is 3.34. The van der Waals surface area contributed by atoms with Crippen molar-refractivity contribution in [1.29, 1.82) is 0 Å². The molecule has 2 atom stereocenters. The van der Waals surface area contributed by atoms with Crippen LogP contribution in [0.2, 0.25) is 0 Å². The molecule has 0 radical (unpaired) electrons. The first-order chi connectivity index (χ1) is 23.1. The van der Waals surface area contributed by atoms with Crippen LogP contribution in [0.25, 0.3) is 11.3 Å². The predicted octanol–water partition coefficient (Wildman–Crippen LogP) is 5.52. The molecule has 2 fully saturated rings. The Bertz CT molecular complexity index is 1770. The second kappa shape index (κ2) is 14.4. The van der Waals surface area contributed by atoms with E-state index in [1.807, 2.05) is 60.2 Å². The number of imidazole rings is 1. The quantitative estimate of drug-likeness (QED) is 0.226. The number of hydrogen-bond acceptors (Lipinski definition) is 9. The highest BCUT2D eigenvalue weighted by molar-refractivity contribution is 5.85. The lowest BCUT2D eigenvalue weighted by Gasteiger charge is -2.26. The summed E-state index contributed by atoms with van der Waals surface area (Å²) in [6.07, 6.45) is 7.54. The Balaban J connectivity index is 1.01. The molecule has 6 rings (SSSR count). The minimum atomic E-state index is -0.623. The summed E-state index contributed by atoms with van der Waals surface area (Å²) < 4.78 is 24.9. The average molecular weight is 653 g/mol. The number of benzene rings is 1. The fourth-order valence-electron chi connectivity index (χ4n) is 5.45. The molecular formula is C36H40N6O6. The number of ether oxygens (including phenoxy) is 3. The molecular weight excluding hydrogens is 612 g/mol. The van der Waals surface area contributed by atoms with Crippen LogP contribution >= 0.6 is 0 Å². The monoisotopic (exact) mass is 652 g/mol. The molecule has 12 heteroatoms. The van der Waals surface area contributed by atoms with Gasteiger partial charge in [-0.3, -0.25) is 14.7 Å². The summed E-state index contributed by atoms with van der Waals surface area (Å²) in [6.45, 7) is 9.07. The highest BCUT2D eigenvalue weighted by Gasteiger charge is 2.33. The first-order valence-corrected chi connectivity index (χ1v) is 16.2. The Morgan fingerprint density at radius 2 is 1.83 bits per heavy atom. The molecule has 0 saturated carbocycles.